The van der Waals surface area contributed by atoms with Gasteiger partial charge in [0.05, 0.1) is 19.2 Å². The van der Waals surface area contributed by atoms with E-state index in [9.17, 15) is 4.79 Å². The number of halogens is 1. The fourth-order valence-corrected chi connectivity index (χ4v) is 3.05. The number of rotatable bonds is 3. The highest BCUT2D eigenvalue weighted by molar-refractivity contribution is 5.85. The first-order chi connectivity index (χ1) is 10.2. The lowest BCUT2D eigenvalue weighted by Crippen LogP contribution is -2.45. The second-order valence-electron chi connectivity index (χ2n) is 5.91. The van der Waals surface area contributed by atoms with Crippen LogP contribution in [0.25, 0.3) is 0 Å². The molecule has 1 fully saturated rings. The molecular weight excluding hydrogens is 302 g/mol. The Bertz CT molecular complexity index is 504. The summed E-state index contributed by atoms with van der Waals surface area (Å²) >= 11 is 0. The summed E-state index contributed by atoms with van der Waals surface area (Å²) in [6, 6.07) is 8.29. The first-order valence-electron chi connectivity index (χ1n) is 7.71. The van der Waals surface area contributed by atoms with Crippen LogP contribution in [0.5, 0.6) is 5.75 Å². The summed E-state index contributed by atoms with van der Waals surface area (Å²) in [6.45, 7) is 2.95. The minimum Gasteiger partial charge on any atom is -0.493 e. The van der Waals surface area contributed by atoms with Crippen LogP contribution in [-0.2, 0) is 4.79 Å². The van der Waals surface area contributed by atoms with Crippen LogP contribution in [0, 0.1) is 0 Å². The SMILES string of the molecule is Cl.NC1CCN(CC(=O)NC2CCOc3ccccc32)CC1. The van der Waals surface area contributed by atoms with Crippen molar-refractivity contribution in [1.82, 2.24) is 10.2 Å². The van der Waals surface area contributed by atoms with E-state index in [0.717, 1.165) is 43.7 Å². The van der Waals surface area contributed by atoms with Gasteiger partial charge in [0.25, 0.3) is 0 Å². The fraction of sp³-hybridized carbons (Fsp3) is 0.562. The van der Waals surface area contributed by atoms with Gasteiger partial charge in [-0.15, -0.1) is 12.4 Å². The highest BCUT2D eigenvalue weighted by atomic mass is 35.5. The summed E-state index contributed by atoms with van der Waals surface area (Å²) in [6.07, 6.45) is 2.79. The molecular formula is C16H24ClN3O2. The Kier molecular flexibility index (Phi) is 6.06. The zero-order valence-electron chi connectivity index (χ0n) is 12.7. The minimum atomic E-state index is 0. The van der Waals surface area contributed by atoms with E-state index < -0.39 is 0 Å². The van der Waals surface area contributed by atoms with Crippen LogP contribution in [0.15, 0.2) is 24.3 Å². The number of piperidine rings is 1. The number of carbonyl (C=O) groups is 1. The number of hydrogen-bond acceptors (Lipinski definition) is 4. The van der Waals surface area contributed by atoms with E-state index in [0.29, 0.717) is 19.2 Å². The molecule has 1 aromatic rings. The minimum absolute atomic E-state index is 0. The standard InChI is InChI=1S/C16H23N3O2.ClH/c17-12-5-8-19(9-6-12)11-16(20)18-14-7-10-21-15-4-2-1-3-13(14)15;/h1-4,12,14H,5-11,17H2,(H,18,20);1H. The van der Waals surface area contributed by atoms with E-state index >= 15 is 0 Å². The molecule has 0 radical (unpaired) electrons. The average Bonchev–Trinajstić information content (AvgIpc) is 2.50. The van der Waals surface area contributed by atoms with Gasteiger partial charge in [-0.2, -0.15) is 0 Å². The molecule has 0 bridgehead atoms. The van der Waals surface area contributed by atoms with Crippen LogP contribution in [0.2, 0.25) is 0 Å². The summed E-state index contributed by atoms with van der Waals surface area (Å²) in [7, 11) is 0. The molecule has 5 nitrogen and oxygen atoms in total. The third kappa shape index (κ3) is 4.12. The zero-order chi connectivity index (χ0) is 14.7. The topological polar surface area (TPSA) is 67.6 Å². The lowest BCUT2D eigenvalue weighted by Gasteiger charge is -2.31. The molecule has 1 aromatic carbocycles. The van der Waals surface area contributed by atoms with Crippen molar-refractivity contribution in [3.05, 3.63) is 29.8 Å². The summed E-state index contributed by atoms with van der Waals surface area (Å²) in [5.74, 6) is 0.977. The quantitative estimate of drug-likeness (QED) is 0.883. The molecule has 2 aliphatic rings. The number of ether oxygens (including phenoxy) is 1. The maximum Gasteiger partial charge on any atom is 0.234 e. The molecule has 3 N–H and O–H groups in total. The van der Waals surface area contributed by atoms with E-state index in [1.165, 1.54) is 0 Å². The molecule has 1 amide bonds. The van der Waals surface area contributed by atoms with Gasteiger partial charge in [0.15, 0.2) is 0 Å². The smallest absolute Gasteiger partial charge is 0.234 e. The predicted octanol–water partition coefficient (Wildman–Crippen LogP) is 1.47. The van der Waals surface area contributed by atoms with Gasteiger partial charge in [-0.1, -0.05) is 18.2 Å². The van der Waals surface area contributed by atoms with E-state index in [1.807, 2.05) is 24.3 Å². The normalized spacial score (nSPS) is 22.1. The molecule has 2 heterocycles. The molecule has 1 unspecified atom stereocenters. The first kappa shape index (κ1) is 17.1. The van der Waals surface area contributed by atoms with Crippen molar-refractivity contribution in [2.45, 2.75) is 31.3 Å². The zero-order valence-corrected chi connectivity index (χ0v) is 13.5. The Morgan fingerprint density at radius 2 is 2.00 bits per heavy atom. The number of carbonyl (C=O) groups excluding carboxylic acids is 1. The summed E-state index contributed by atoms with van der Waals surface area (Å²) < 4.78 is 5.62. The summed E-state index contributed by atoms with van der Waals surface area (Å²) in [4.78, 5) is 14.4. The first-order valence-corrected chi connectivity index (χ1v) is 7.71. The Hall–Kier alpha value is -1.30. The highest BCUT2D eigenvalue weighted by Gasteiger charge is 2.24. The van der Waals surface area contributed by atoms with Crippen LogP contribution in [-0.4, -0.2) is 43.1 Å². The van der Waals surface area contributed by atoms with Crippen LogP contribution in [0.3, 0.4) is 0 Å². The van der Waals surface area contributed by atoms with Crippen molar-refractivity contribution >= 4 is 18.3 Å². The number of amides is 1. The van der Waals surface area contributed by atoms with Gasteiger partial charge in [-0.25, -0.2) is 0 Å². The Labute approximate surface area is 137 Å². The second kappa shape index (κ2) is 7.81. The molecule has 1 atom stereocenters. The lowest BCUT2D eigenvalue weighted by atomic mass is 10.0. The third-order valence-corrected chi connectivity index (χ3v) is 4.29. The molecule has 0 aromatic heterocycles. The number of nitrogens with one attached hydrogen (secondary N) is 1. The van der Waals surface area contributed by atoms with Crippen LogP contribution in [0.4, 0.5) is 0 Å². The van der Waals surface area contributed by atoms with Crippen molar-refractivity contribution < 1.29 is 9.53 Å². The maximum absolute atomic E-state index is 12.2. The van der Waals surface area contributed by atoms with Gasteiger partial charge in [-0.3, -0.25) is 9.69 Å². The fourth-order valence-electron chi connectivity index (χ4n) is 3.05. The van der Waals surface area contributed by atoms with Crippen molar-refractivity contribution in [1.29, 1.82) is 0 Å². The van der Waals surface area contributed by atoms with Gasteiger partial charge in [0.2, 0.25) is 5.91 Å². The second-order valence-corrected chi connectivity index (χ2v) is 5.91. The molecule has 122 valence electrons. The number of nitrogens with two attached hydrogens (primary N) is 1. The summed E-state index contributed by atoms with van der Waals surface area (Å²) in [5.41, 5.74) is 6.97. The molecule has 1 saturated heterocycles. The average molecular weight is 326 g/mol. The van der Waals surface area contributed by atoms with E-state index in [-0.39, 0.29) is 24.4 Å². The maximum atomic E-state index is 12.2. The molecule has 0 spiro atoms. The molecule has 3 rings (SSSR count). The van der Waals surface area contributed by atoms with Crippen LogP contribution < -0.4 is 15.8 Å². The van der Waals surface area contributed by atoms with Gasteiger partial charge < -0.3 is 15.8 Å². The number of nitrogens with zero attached hydrogens (tertiary/aromatic N) is 1. The van der Waals surface area contributed by atoms with Gasteiger partial charge >= 0.3 is 0 Å². The van der Waals surface area contributed by atoms with Crippen molar-refractivity contribution in [3.8, 4) is 5.75 Å². The van der Waals surface area contributed by atoms with Crippen LogP contribution >= 0.6 is 12.4 Å². The molecule has 0 aliphatic carbocycles. The molecule has 22 heavy (non-hydrogen) atoms. The van der Waals surface area contributed by atoms with E-state index in [2.05, 4.69) is 10.2 Å². The van der Waals surface area contributed by atoms with Crippen molar-refractivity contribution in [3.63, 3.8) is 0 Å². The van der Waals surface area contributed by atoms with Crippen molar-refractivity contribution in [2.75, 3.05) is 26.2 Å². The summed E-state index contributed by atoms with van der Waals surface area (Å²) in [5, 5.41) is 3.14. The highest BCUT2D eigenvalue weighted by Crippen LogP contribution is 2.31. The van der Waals surface area contributed by atoms with Crippen molar-refractivity contribution in [2.24, 2.45) is 5.73 Å². The number of benzene rings is 1. The number of likely N-dealkylation sites (tertiary alicyclic amines) is 1. The Morgan fingerprint density at radius 3 is 2.77 bits per heavy atom. The molecule has 2 aliphatic heterocycles. The predicted molar refractivity (Wildman–Crippen MR) is 88.3 cm³/mol. The van der Waals surface area contributed by atoms with E-state index in [4.69, 9.17) is 10.5 Å². The Morgan fingerprint density at radius 1 is 1.27 bits per heavy atom. The molecule has 0 saturated carbocycles. The third-order valence-electron chi connectivity index (χ3n) is 4.29. The Balaban J connectivity index is 0.00000176. The molecule has 6 heteroatoms. The number of hydrogen-bond donors (Lipinski definition) is 2. The number of fused-ring (bicyclic) bond motifs is 1. The van der Waals surface area contributed by atoms with Gasteiger partial charge in [0.1, 0.15) is 5.75 Å². The van der Waals surface area contributed by atoms with Gasteiger partial charge in [-0.05, 0) is 18.9 Å². The lowest BCUT2D eigenvalue weighted by molar-refractivity contribution is -0.123. The van der Waals surface area contributed by atoms with E-state index in [1.54, 1.807) is 0 Å². The van der Waals surface area contributed by atoms with Gasteiger partial charge in [0, 0.05) is 31.1 Å². The van der Waals surface area contributed by atoms with Crippen LogP contribution in [0.1, 0.15) is 30.9 Å². The number of para-hydroxylation sites is 1. The largest absolute Gasteiger partial charge is 0.493 e. The monoisotopic (exact) mass is 325 g/mol.